The molecule has 4 nitrogen and oxygen atoms in total. The summed E-state index contributed by atoms with van der Waals surface area (Å²) >= 11 is 0. The molecular formula is C76H48N4Si. The van der Waals surface area contributed by atoms with Crippen molar-refractivity contribution >= 4 is 138 Å². The van der Waals surface area contributed by atoms with Gasteiger partial charge in [-0.3, -0.25) is 0 Å². The van der Waals surface area contributed by atoms with Crippen LogP contribution in [0.25, 0.3) is 132 Å². The van der Waals surface area contributed by atoms with Crippen LogP contribution in [0.1, 0.15) is 0 Å². The van der Waals surface area contributed by atoms with E-state index in [-0.39, 0.29) is 0 Å². The molecule has 0 aliphatic heterocycles. The third kappa shape index (κ3) is 6.13. The summed E-state index contributed by atoms with van der Waals surface area (Å²) in [5, 5.41) is 20.6. The average Bonchev–Trinajstić information content (AvgIpc) is 4.30. The molecule has 14 aromatic carbocycles. The van der Waals surface area contributed by atoms with Gasteiger partial charge in [0.1, 0.15) is 0 Å². The van der Waals surface area contributed by atoms with Crippen molar-refractivity contribution in [2.45, 2.75) is 0 Å². The van der Waals surface area contributed by atoms with Crippen LogP contribution < -0.4 is 20.7 Å². The minimum absolute atomic E-state index is 1.14. The summed E-state index contributed by atoms with van der Waals surface area (Å²) in [5.41, 5.74) is 14.3. The summed E-state index contributed by atoms with van der Waals surface area (Å²) in [7, 11) is -3.23. The highest BCUT2D eigenvalue weighted by molar-refractivity contribution is 7.19. The molecule has 18 rings (SSSR count). The monoisotopic (exact) mass is 1040 g/mol. The van der Waals surface area contributed by atoms with Crippen molar-refractivity contribution < 1.29 is 0 Å². The van der Waals surface area contributed by atoms with Gasteiger partial charge in [-0.05, 0) is 139 Å². The fourth-order valence-electron chi connectivity index (χ4n) is 14.6. The molecule has 18 aromatic rings. The standard InChI is InChI=1S/C76H48N4Si/c1-5-21-65-61(17-1)62-18-2-6-22-66(62)77(65)53-33-41-57(42-34-53)81(58-43-35-54(36-44-58)78-67-23-7-3-19-63(67)64-20-4-8-24-68(64)78,59-45-37-55(38-46-59)79-69-25-9-13-49-29-30-50-14-10-26-70(79)74(50)73(49)69)60-47-39-56(40-48-60)80-71-27-11-15-51-31-32-52-16-12-28-72(80)76(52)75(51)71/h1-48H. The number of nitrogens with zero attached hydrogens (tertiary/aromatic N) is 4. The number of aromatic nitrogens is 4. The zero-order chi connectivity index (χ0) is 52.9. The summed E-state index contributed by atoms with van der Waals surface area (Å²) in [4.78, 5) is 0. The molecule has 0 aliphatic carbocycles. The van der Waals surface area contributed by atoms with Crippen molar-refractivity contribution in [1.82, 2.24) is 18.3 Å². The lowest BCUT2D eigenvalue weighted by Gasteiger charge is -2.35. The summed E-state index contributed by atoms with van der Waals surface area (Å²) in [6.07, 6.45) is 0. The first-order valence-electron chi connectivity index (χ1n) is 28.1. The van der Waals surface area contributed by atoms with E-state index in [0.717, 1.165) is 22.7 Å². The molecule has 81 heavy (non-hydrogen) atoms. The number of hydrogen-bond donors (Lipinski definition) is 0. The lowest BCUT2D eigenvalue weighted by Crippen LogP contribution is -2.74. The Bertz CT molecular complexity index is 4920. The summed E-state index contributed by atoms with van der Waals surface area (Å²) in [6.45, 7) is 0. The van der Waals surface area contributed by atoms with Crippen molar-refractivity contribution in [3.63, 3.8) is 0 Å². The van der Waals surface area contributed by atoms with E-state index >= 15 is 0 Å². The van der Waals surface area contributed by atoms with E-state index < -0.39 is 8.07 Å². The highest BCUT2D eigenvalue weighted by Crippen LogP contribution is 2.41. The zero-order valence-electron chi connectivity index (χ0n) is 44.0. The van der Waals surface area contributed by atoms with Crippen LogP contribution in [0.15, 0.2) is 291 Å². The lowest BCUT2D eigenvalue weighted by molar-refractivity contribution is 1.18. The molecule has 0 spiro atoms. The van der Waals surface area contributed by atoms with Gasteiger partial charge in [0.05, 0.1) is 44.1 Å². The topological polar surface area (TPSA) is 19.7 Å². The molecule has 4 heterocycles. The van der Waals surface area contributed by atoms with E-state index in [1.165, 1.54) is 130 Å². The van der Waals surface area contributed by atoms with Crippen LogP contribution >= 0.6 is 0 Å². The van der Waals surface area contributed by atoms with Gasteiger partial charge < -0.3 is 18.3 Å². The molecular weight excluding hydrogens is 997 g/mol. The second-order valence-corrected chi connectivity index (χ2v) is 25.8. The first kappa shape index (κ1) is 44.5. The molecule has 376 valence electrons. The molecule has 0 fully saturated rings. The molecule has 0 unspecified atom stereocenters. The average molecular weight is 1050 g/mol. The minimum atomic E-state index is -3.23. The first-order chi connectivity index (χ1) is 40.2. The third-order valence-corrected chi connectivity index (χ3v) is 22.8. The van der Waals surface area contributed by atoms with Crippen LogP contribution in [-0.4, -0.2) is 26.3 Å². The van der Waals surface area contributed by atoms with Gasteiger partial charge in [0.25, 0.3) is 0 Å². The molecule has 4 aromatic heterocycles. The number of fused-ring (bicyclic) bond motifs is 6. The Morgan fingerprint density at radius 1 is 0.173 bits per heavy atom. The smallest absolute Gasteiger partial charge is 0.179 e. The summed E-state index contributed by atoms with van der Waals surface area (Å²) in [5.74, 6) is 0. The van der Waals surface area contributed by atoms with Gasteiger partial charge in [0, 0.05) is 65.8 Å². The fraction of sp³-hybridized carbons (Fsp3) is 0. The van der Waals surface area contributed by atoms with E-state index in [4.69, 9.17) is 0 Å². The first-order valence-corrected chi connectivity index (χ1v) is 30.1. The van der Waals surface area contributed by atoms with Gasteiger partial charge in [0.15, 0.2) is 8.07 Å². The number of benzene rings is 14. The molecule has 0 saturated carbocycles. The van der Waals surface area contributed by atoms with Crippen LogP contribution in [0.3, 0.4) is 0 Å². The Balaban J connectivity index is 0.892. The lowest BCUT2D eigenvalue weighted by atomic mass is 10.0. The van der Waals surface area contributed by atoms with E-state index in [0.29, 0.717) is 0 Å². The van der Waals surface area contributed by atoms with Crippen molar-refractivity contribution in [3.05, 3.63) is 291 Å². The van der Waals surface area contributed by atoms with E-state index in [1.807, 2.05) is 0 Å². The maximum absolute atomic E-state index is 3.23. The number of hydrogen-bond acceptors (Lipinski definition) is 0. The van der Waals surface area contributed by atoms with Gasteiger partial charge in [-0.1, -0.05) is 194 Å². The van der Waals surface area contributed by atoms with Gasteiger partial charge in [-0.2, -0.15) is 0 Å². The highest BCUT2D eigenvalue weighted by Gasteiger charge is 2.42. The van der Waals surface area contributed by atoms with Crippen molar-refractivity contribution in [2.75, 3.05) is 0 Å². The molecule has 0 amide bonds. The van der Waals surface area contributed by atoms with Gasteiger partial charge in [-0.15, -0.1) is 0 Å². The zero-order valence-corrected chi connectivity index (χ0v) is 45.0. The maximum Gasteiger partial charge on any atom is 0.179 e. The third-order valence-electron chi connectivity index (χ3n) is 18.0. The van der Waals surface area contributed by atoms with Crippen molar-refractivity contribution in [3.8, 4) is 22.7 Å². The molecule has 0 atom stereocenters. The maximum atomic E-state index is 2.47. The van der Waals surface area contributed by atoms with Crippen molar-refractivity contribution in [1.29, 1.82) is 0 Å². The molecule has 0 N–H and O–H groups in total. The predicted molar refractivity (Wildman–Crippen MR) is 345 cm³/mol. The summed E-state index contributed by atoms with van der Waals surface area (Å²) in [6, 6.07) is 110. The van der Waals surface area contributed by atoms with Gasteiger partial charge >= 0.3 is 0 Å². The Kier molecular flexibility index (Phi) is 9.22. The van der Waals surface area contributed by atoms with Gasteiger partial charge in [0.2, 0.25) is 0 Å². The quantitative estimate of drug-likeness (QED) is 0.0821. The second kappa shape index (κ2) is 16.8. The molecule has 0 aliphatic rings. The second-order valence-electron chi connectivity index (χ2n) is 22.0. The van der Waals surface area contributed by atoms with Crippen LogP contribution in [-0.2, 0) is 0 Å². The molecule has 0 bridgehead atoms. The SMILES string of the molecule is c1ccc2c(c1)c1ccccc1n2-c1ccc([Si](c2ccc(-n3c4ccccc4c4ccccc43)cc2)(c2ccc(-n3c4cccc5ccc6cccc3c6c54)cc2)c2ccc(-n3c4cccc5ccc6cccc3c6c54)cc2)cc1. The normalized spacial score (nSPS) is 12.4. The summed E-state index contributed by atoms with van der Waals surface area (Å²) < 4.78 is 9.82. The van der Waals surface area contributed by atoms with E-state index in [1.54, 1.807) is 0 Å². The fourth-order valence-corrected chi connectivity index (χ4v) is 19.3. The predicted octanol–water partition coefficient (Wildman–Crippen LogP) is 16.6. The van der Waals surface area contributed by atoms with Crippen LogP contribution in [0, 0.1) is 0 Å². The van der Waals surface area contributed by atoms with Crippen molar-refractivity contribution in [2.24, 2.45) is 0 Å². The van der Waals surface area contributed by atoms with Crippen LogP contribution in [0.4, 0.5) is 0 Å². The van der Waals surface area contributed by atoms with E-state index in [9.17, 15) is 0 Å². The molecule has 0 radical (unpaired) electrons. The molecule has 0 saturated heterocycles. The van der Waals surface area contributed by atoms with E-state index in [2.05, 4.69) is 309 Å². The minimum Gasteiger partial charge on any atom is -0.309 e. The number of para-hydroxylation sites is 4. The Morgan fingerprint density at radius 2 is 0.383 bits per heavy atom. The largest absolute Gasteiger partial charge is 0.309 e. The Morgan fingerprint density at radius 3 is 0.630 bits per heavy atom. The van der Waals surface area contributed by atoms with Crippen LogP contribution in [0.2, 0.25) is 0 Å². The molecule has 5 heteroatoms. The Hall–Kier alpha value is -10.5. The Labute approximate surface area is 467 Å². The van der Waals surface area contributed by atoms with Crippen LogP contribution in [0.5, 0.6) is 0 Å². The highest BCUT2D eigenvalue weighted by atomic mass is 28.3. The number of rotatable bonds is 8. The van der Waals surface area contributed by atoms with Gasteiger partial charge in [-0.25, -0.2) is 0 Å².